The predicted molar refractivity (Wildman–Crippen MR) is 100 cm³/mol. The minimum absolute atomic E-state index is 0.00378. The number of benzene rings is 1. The molecule has 1 atom stereocenters. The highest BCUT2D eigenvalue weighted by Gasteiger charge is 2.38. The van der Waals surface area contributed by atoms with Crippen molar-refractivity contribution >= 4 is 35.0 Å². The zero-order valence-corrected chi connectivity index (χ0v) is 16.0. The lowest BCUT2D eigenvalue weighted by Crippen LogP contribution is -2.47. The summed E-state index contributed by atoms with van der Waals surface area (Å²) in [6.07, 6.45) is 1.84. The number of halogens is 2. The highest BCUT2D eigenvalue weighted by Crippen LogP contribution is 2.26. The Balaban J connectivity index is 1.69. The lowest BCUT2D eigenvalue weighted by Gasteiger charge is -2.31. The Morgan fingerprint density at radius 3 is 2.81 bits per heavy atom. The number of aliphatic hydroxyl groups excluding tert-OH is 1. The predicted octanol–water partition coefficient (Wildman–Crippen LogP) is 2.36. The van der Waals surface area contributed by atoms with Crippen LogP contribution in [0.5, 0.6) is 0 Å². The van der Waals surface area contributed by atoms with Crippen LogP contribution >= 0.6 is 23.2 Å². The molecule has 2 amide bonds. The number of nitrogens with one attached hydrogen (secondary N) is 1. The van der Waals surface area contributed by atoms with Crippen molar-refractivity contribution < 1.29 is 14.7 Å². The zero-order valence-electron chi connectivity index (χ0n) is 14.5. The van der Waals surface area contributed by atoms with Crippen LogP contribution in [0.3, 0.4) is 0 Å². The first-order valence-corrected chi connectivity index (χ1v) is 9.27. The van der Waals surface area contributed by atoms with Gasteiger partial charge in [0.05, 0.1) is 22.2 Å². The van der Waals surface area contributed by atoms with Gasteiger partial charge in [-0.15, -0.1) is 0 Å². The van der Waals surface area contributed by atoms with Crippen molar-refractivity contribution in [1.82, 2.24) is 15.1 Å². The Kier molecular flexibility index (Phi) is 5.75. The van der Waals surface area contributed by atoms with Crippen molar-refractivity contribution in [3.05, 3.63) is 45.1 Å². The average molecular weight is 398 g/mol. The maximum atomic E-state index is 12.7. The van der Waals surface area contributed by atoms with Crippen molar-refractivity contribution in [3.8, 4) is 0 Å². The molecule has 1 unspecified atom stereocenters. The van der Waals surface area contributed by atoms with Gasteiger partial charge >= 0.3 is 0 Å². The molecular formula is C18H21Cl2N3O3. The minimum atomic E-state index is -0.468. The standard InChI is InChI=1S/C18H21Cl2N3O3/c1-22(9-11-4-5-14(19)15(20)7-11)17(25)13-10-23(18(26)16(13)24)12-3-2-6-21-8-12/h4-5,7,12,21,24H,2-3,6,8-10H2,1H3. The number of likely N-dealkylation sites (N-methyl/N-ethyl adjacent to an activating group) is 1. The highest BCUT2D eigenvalue weighted by molar-refractivity contribution is 6.42. The molecule has 2 aliphatic heterocycles. The molecule has 2 aliphatic rings. The molecule has 0 bridgehead atoms. The summed E-state index contributed by atoms with van der Waals surface area (Å²) in [5.74, 6) is -1.28. The second kappa shape index (κ2) is 7.86. The molecule has 1 saturated heterocycles. The van der Waals surface area contributed by atoms with Crippen molar-refractivity contribution in [2.75, 3.05) is 26.7 Å². The largest absolute Gasteiger partial charge is 0.503 e. The number of piperidine rings is 1. The van der Waals surface area contributed by atoms with E-state index in [0.717, 1.165) is 24.9 Å². The quantitative estimate of drug-likeness (QED) is 0.817. The van der Waals surface area contributed by atoms with Gasteiger partial charge in [0, 0.05) is 26.2 Å². The zero-order chi connectivity index (χ0) is 18.8. The maximum absolute atomic E-state index is 12.7. The third kappa shape index (κ3) is 3.82. The summed E-state index contributed by atoms with van der Waals surface area (Å²) in [6, 6.07) is 5.16. The first-order chi connectivity index (χ1) is 12.4. The summed E-state index contributed by atoms with van der Waals surface area (Å²) in [4.78, 5) is 28.2. The maximum Gasteiger partial charge on any atom is 0.289 e. The number of rotatable bonds is 4. The summed E-state index contributed by atoms with van der Waals surface area (Å²) < 4.78 is 0. The van der Waals surface area contributed by atoms with Gasteiger partial charge < -0.3 is 20.2 Å². The van der Waals surface area contributed by atoms with Crippen LogP contribution in [0.4, 0.5) is 0 Å². The molecule has 0 aliphatic carbocycles. The lowest BCUT2D eigenvalue weighted by molar-refractivity contribution is -0.130. The topological polar surface area (TPSA) is 72.9 Å². The van der Waals surface area contributed by atoms with Crippen LogP contribution in [0.25, 0.3) is 0 Å². The van der Waals surface area contributed by atoms with E-state index in [1.807, 2.05) is 0 Å². The fraction of sp³-hybridized carbons (Fsp3) is 0.444. The molecule has 0 spiro atoms. The van der Waals surface area contributed by atoms with Gasteiger partial charge in [-0.2, -0.15) is 0 Å². The highest BCUT2D eigenvalue weighted by atomic mass is 35.5. The van der Waals surface area contributed by atoms with Gasteiger partial charge in [0.2, 0.25) is 0 Å². The molecular weight excluding hydrogens is 377 g/mol. The molecule has 2 N–H and O–H groups in total. The van der Waals surface area contributed by atoms with Crippen LogP contribution in [-0.2, 0) is 16.1 Å². The van der Waals surface area contributed by atoms with Gasteiger partial charge in [-0.1, -0.05) is 29.3 Å². The van der Waals surface area contributed by atoms with Crippen LogP contribution in [0.1, 0.15) is 18.4 Å². The van der Waals surface area contributed by atoms with E-state index in [-0.39, 0.29) is 24.1 Å². The second-order valence-corrected chi connectivity index (χ2v) is 7.48. The Morgan fingerprint density at radius 1 is 1.38 bits per heavy atom. The number of hydrogen-bond donors (Lipinski definition) is 2. The van der Waals surface area contributed by atoms with Gasteiger partial charge in [-0.25, -0.2) is 0 Å². The normalized spacial score (nSPS) is 20.7. The molecule has 1 aromatic carbocycles. The van der Waals surface area contributed by atoms with Crippen LogP contribution < -0.4 is 5.32 Å². The van der Waals surface area contributed by atoms with E-state index in [1.54, 1.807) is 30.1 Å². The van der Waals surface area contributed by atoms with E-state index < -0.39 is 11.7 Å². The summed E-state index contributed by atoms with van der Waals surface area (Å²) in [7, 11) is 1.63. The Bertz CT molecular complexity index is 760. The molecule has 1 fully saturated rings. The molecule has 140 valence electrons. The second-order valence-electron chi connectivity index (χ2n) is 6.67. The third-order valence-electron chi connectivity index (χ3n) is 4.80. The van der Waals surface area contributed by atoms with E-state index in [4.69, 9.17) is 23.2 Å². The lowest BCUT2D eigenvalue weighted by atomic mass is 10.1. The smallest absolute Gasteiger partial charge is 0.289 e. The summed E-state index contributed by atoms with van der Waals surface area (Å²) in [6.45, 7) is 2.04. The monoisotopic (exact) mass is 397 g/mol. The van der Waals surface area contributed by atoms with Crippen molar-refractivity contribution in [3.63, 3.8) is 0 Å². The Labute approximate surface area is 162 Å². The van der Waals surface area contributed by atoms with Crippen molar-refractivity contribution in [1.29, 1.82) is 0 Å². The first kappa shape index (κ1) is 19.0. The molecule has 8 heteroatoms. The van der Waals surface area contributed by atoms with Crippen LogP contribution in [0.2, 0.25) is 10.0 Å². The van der Waals surface area contributed by atoms with Gasteiger partial charge in [-0.3, -0.25) is 9.59 Å². The number of amides is 2. The van der Waals surface area contributed by atoms with Crippen LogP contribution in [0, 0.1) is 0 Å². The van der Waals surface area contributed by atoms with E-state index in [2.05, 4.69) is 5.32 Å². The van der Waals surface area contributed by atoms with Gasteiger partial charge in [0.15, 0.2) is 5.76 Å². The molecule has 0 radical (unpaired) electrons. The van der Waals surface area contributed by atoms with Crippen molar-refractivity contribution in [2.45, 2.75) is 25.4 Å². The number of nitrogens with zero attached hydrogens (tertiary/aromatic N) is 2. The summed E-state index contributed by atoms with van der Waals surface area (Å²) in [5, 5.41) is 14.3. The average Bonchev–Trinajstić information content (AvgIpc) is 2.93. The van der Waals surface area contributed by atoms with E-state index in [1.165, 1.54) is 4.90 Å². The molecule has 1 aromatic rings. The van der Waals surface area contributed by atoms with Gasteiger partial charge in [0.1, 0.15) is 0 Å². The Hall–Kier alpha value is -1.76. The SMILES string of the molecule is CN(Cc1ccc(Cl)c(Cl)c1)C(=O)C1=C(O)C(=O)N(C2CCCNC2)C1. The third-order valence-corrected chi connectivity index (χ3v) is 5.54. The molecule has 6 nitrogen and oxygen atoms in total. The number of carbonyl (C=O) groups is 2. The summed E-state index contributed by atoms with van der Waals surface area (Å²) >= 11 is 11.9. The van der Waals surface area contributed by atoms with Crippen LogP contribution in [-0.4, -0.2) is 59.4 Å². The number of hydrogen-bond acceptors (Lipinski definition) is 4. The molecule has 2 heterocycles. The number of carbonyl (C=O) groups excluding carboxylic acids is 2. The van der Waals surface area contributed by atoms with E-state index >= 15 is 0 Å². The molecule has 3 rings (SSSR count). The van der Waals surface area contributed by atoms with E-state index in [0.29, 0.717) is 23.1 Å². The Morgan fingerprint density at radius 2 is 2.15 bits per heavy atom. The van der Waals surface area contributed by atoms with Gasteiger partial charge in [-0.05, 0) is 37.1 Å². The van der Waals surface area contributed by atoms with E-state index in [9.17, 15) is 14.7 Å². The molecule has 0 saturated carbocycles. The van der Waals surface area contributed by atoms with Crippen LogP contribution in [0.15, 0.2) is 29.5 Å². The van der Waals surface area contributed by atoms with Gasteiger partial charge in [0.25, 0.3) is 11.8 Å². The fourth-order valence-corrected chi connectivity index (χ4v) is 3.68. The first-order valence-electron chi connectivity index (χ1n) is 8.51. The fourth-order valence-electron chi connectivity index (χ4n) is 3.36. The number of aliphatic hydroxyl groups is 1. The molecule has 26 heavy (non-hydrogen) atoms. The molecule has 0 aromatic heterocycles. The van der Waals surface area contributed by atoms with Crippen molar-refractivity contribution in [2.24, 2.45) is 0 Å². The summed E-state index contributed by atoms with van der Waals surface area (Å²) in [5.41, 5.74) is 0.955. The minimum Gasteiger partial charge on any atom is -0.503 e.